The highest BCUT2D eigenvalue weighted by Gasteiger charge is 2.32. The van der Waals surface area contributed by atoms with Crippen molar-refractivity contribution in [2.24, 2.45) is 0 Å². The number of benzene rings is 2. The SMILES string of the molecule is N#Cc1ccc(OC[C@@H](O)COc2cccc3c2C(=O)C[C@@H](c2nn[nH]n2)O3)cc1. The van der Waals surface area contributed by atoms with E-state index in [1.165, 1.54) is 0 Å². The van der Waals surface area contributed by atoms with Gasteiger partial charge in [0.15, 0.2) is 11.9 Å². The number of nitrogens with zero attached hydrogens (tertiary/aromatic N) is 4. The number of aliphatic hydroxyl groups excluding tert-OH is 1. The number of nitrogens with one attached hydrogen (secondary N) is 1. The van der Waals surface area contributed by atoms with Gasteiger partial charge in [-0.2, -0.15) is 10.5 Å². The van der Waals surface area contributed by atoms with Crippen LogP contribution in [-0.2, 0) is 0 Å². The minimum atomic E-state index is -0.928. The summed E-state index contributed by atoms with van der Waals surface area (Å²) in [5, 5.41) is 32.5. The highest BCUT2D eigenvalue weighted by molar-refractivity contribution is 6.02. The third kappa shape index (κ3) is 4.21. The summed E-state index contributed by atoms with van der Waals surface area (Å²) >= 11 is 0. The zero-order valence-electron chi connectivity index (χ0n) is 15.7. The van der Waals surface area contributed by atoms with Crippen LogP contribution < -0.4 is 14.2 Å². The topological polar surface area (TPSA) is 143 Å². The van der Waals surface area contributed by atoms with Gasteiger partial charge in [0, 0.05) is 0 Å². The molecule has 3 aromatic rings. The van der Waals surface area contributed by atoms with E-state index in [1.807, 2.05) is 6.07 Å². The maximum absolute atomic E-state index is 12.7. The molecule has 0 bridgehead atoms. The van der Waals surface area contributed by atoms with Crippen LogP contribution in [0.1, 0.15) is 34.3 Å². The van der Waals surface area contributed by atoms with E-state index in [9.17, 15) is 9.90 Å². The number of aromatic nitrogens is 4. The van der Waals surface area contributed by atoms with Gasteiger partial charge in [-0.1, -0.05) is 11.3 Å². The minimum absolute atomic E-state index is 0.00866. The molecule has 0 spiro atoms. The molecule has 1 aliphatic rings. The molecule has 30 heavy (non-hydrogen) atoms. The third-order valence-corrected chi connectivity index (χ3v) is 4.41. The number of rotatable bonds is 7. The van der Waals surface area contributed by atoms with Crippen molar-refractivity contribution in [1.29, 1.82) is 5.26 Å². The predicted octanol–water partition coefficient (Wildman–Crippen LogP) is 1.60. The van der Waals surface area contributed by atoms with Gasteiger partial charge < -0.3 is 19.3 Å². The maximum atomic E-state index is 12.7. The molecule has 152 valence electrons. The van der Waals surface area contributed by atoms with E-state index in [0.29, 0.717) is 34.2 Å². The first-order valence-electron chi connectivity index (χ1n) is 9.14. The number of tetrazole rings is 1. The first kappa shape index (κ1) is 19.4. The van der Waals surface area contributed by atoms with Crippen LogP contribution in [0.2, 0.25) is 0 Å². The van der Waals surface area contributed by atoms with Gasteiger partial charge in [-0.15, -0.1) is 10.2 Å². The number of ether oxygens (including phenoxy) is 3. The Morgan fingerprint density at radius 3 is 2.77 bits per heavy atom. The number of ketones is 1. The molecule has 0 fully saturated rings. The monoisotopic (exact) mass is 407 g/mol. The second kappa shape index (κ2) is 8.59. The van der Waals surface area contributed by atoms with Crippen molar-refractivity contribution in [2.75, 3.05) is 13.2 Å². The molecule has 2 aromatic carbocycles. The lowest BCUT2D eigenvalue weighted by molar-refractivity contribution is 0.0606. The summed E-state index contributed by atoms with van der Waals surface area (Å²) in [5.41, 5.74) is 0.839. The quantitative estimate of drug-likeness (QED) is 0.597. The second-order valence-corrected chi connectivity index (χ2v) is 6.55. The van der Waals surface area contributed by atoms with Gasteiger partial charge in [0.25, 0.3) is 0 Å². The second-order valence-electron chi connectivity index (χ2n) is 6.55. The lowest BCUT2D eigenvalue weighted by Crippen LogP contribution is -2.26. The van der Waals surface area contributed by atoms with E-state index in [2.05, 4.69) is 20.6 Å². The van der Waals surface area contributed by atoms with Gasteiger partial charge in [-0.05, 0) is 36.4 Å². The van der Waals surface area contributed by atoms with Crippen molar-refractivity contribution in [3.8, 4) is 23.3 Å². The lowest BCUT2D eigenvalue weighted by atomic mass is 9.99. The zero-order valence-corrected chi connectivity index (χ0v) is 15.7. The van der Waals surface area contributed by atoms with Crippen molar-refractivity contribution in [2.45, 2.75) is 18.6 Å². The Labute approximate surface area is 171 Å². The van der Waals surface area contributed by atoms with E-state index < -0.39 is 12.2 Å². The number of hydrogen-bond acceptors (Lipinski definition) is 9. The van der Waals surface area contributed by atoms with Crippen molar-refractivity contribution in [1.82, 2.24) is 20.6 Å². The van der Waals surface area contributed by atoms with Gasteiger partial charge in [0.05, 0.1) is 18.1 Å². The van der Waals surface area contributed by atoms with Crippen LogP contribution in [0.4, 0.5) is 0 Å². The Bertz CT molecular complexity index is 1060. The van der Waals surface area contributed by atoms with Gasteiger partial charge in [0.2, 0.25) is 5.82 Å². The van der Waals surface area contributed by atoms with Crippen molar-refractivity contribution < 1.29 is 24.1 Å². The Morgan fingerprint density at radius 1 is 1.23 bits per heavy atom. The fourth-order valence-electron chi connectivity index (χ4n) is 2.97. The molecule has 1 aromatic heterocycles. The number of carbonyl (C=O) groups is 1. The van der Waals surface area contributed by atoms with Crippen LogP contribution in [0.3, 0.4) is 0 Å². The average molecular weight is 407 g/mol. The number of aliphatic hydroxyl groups is 1. The molecular formula is C20H17N5O5. The lowest BCUT2D eigenvalue weighted by Gasteiger charge is -2.24. The Hall–Kier alpha value is -3.97. The molecule has 0 saturated carbocycles. The molecule has 2 atom stereocenters. The van der Waals surface area contributed by atoms with E-state index >= 15 is 0 Å². The maximum Gasteiger partial charge on any atom is 0.215 e. The fourth-order valence-corrected chi connectivity index (χ4v) is 2.97. The van der Waals surface area contributed by atoms with Gasteiger partial charge >= 0.3 is 0 Å². The third-order valence-electron chi connectivity index (χ3n) is 4.41. The molecule has 2 heterocycles. The molecule has 2 N–H and O–H groups in total. The highest BCUT2D eigenvalue weighted by atomic mass is 16.5. The summed E-state index contributed by atoms with van der Waals surface area (Å²) in [5.74, 6) is 1.34. The molecule has 0 unspecified atom stereocenters. The molecule has 10 heteroatoms. The van der Waals surface area contributed by atoms with Crippen molar-refractivity contribution in [3.05, 3.63) is 59.4 Å². The first-order valence-corrected chi connectivity index (χ1v) is 9.14. The highest BCUT2D eigenvalue weighted by Crippen LogP contribution is 2.38. The fraction of sp³-hybridized carbons (Fsp3) is 0.250. The van der Waals surface area contributed by atoms with Crippen LogP contribution in [0.25, 0.3) is 0 Å². The first-order chi connectivity index (χ1) is 14.6. The number of H-pyrrole nitrogens is 1. The number of carbonyl (C=O) groups excluding carboxylic acids is 1. The number of aromatic amines is 1. The summed E-state index contributed by atoms with van der Waals surface area (Å²) in [4.78, 5) is 12.7. The normalized spacial score (nSPS) is 16.1. The number of hydrogen-bond donors (Lipinski definition) is 2. The van der Waals surface area contributed by atoms with Gasteiger partial charge in [-0.3, -0.25) is 4.79 Å². The zero-order chi connectivity index (χ0) is 20.9. The van der Waals surface area contributed by atoms with Crippen LogP contribution in [-0.4, -0.2) is 50.8 Å². The van der Waals surface area contributed by atoms with Crippen molar-refractivity contribution in [3.63, 3.8) is 0 Å². The summed E-state index contributed by atoms with van der Waals surface area (Å²) in [6, 6.07) is 13.6. The molecule has 10 nitrogen and oxygen atoms in total. The predicted molar refractivity (Wildman–Crippen MR) is 101 cm³/mol. The van der Waals surface area contributed by atoms with Crippen LogP contribution in [0.5, 0.6) is 17.2 Å². The summed E-state index contributed by atoms with van der Waals surface area (Å²) in [6.07, 6.45) is -1.49. The van der Waals surface area contributed by atoms with E-state index in [0.717, 1.165) is 0 Å². The Balaban J connectivity index is 1.37. The number of fused-ring (bicyclic) bond motifs is 1. The molecule has 0 aliphatic carbocycles. The van der Waals surface area contributed by atoms with Crippen molar-refractivity contribution >= 4 is 5.78 Å². The molecular weight excluding hydrogens is 390 g/mol. The van der Waals surface area contributed by atoms with Gasteiger partial charge in [-0.25, -0.2) is 0 Å². The molecule has 4 rings (SSSR count). The Kier molecular flexibility index (Phi) is 5.54. The minimum Gasteiger partial charge on any atom is -0.491 e. The standard InChI is InChI=1S/C20H17N5O5/c21-9-12-4-6-14(7-5-12)28-10-13(26)11-29-16-2-1-3-17-19(16)15(27)8-18(30-17)20-22-24-25-23-20/h1-7,13,18,26H,8,10-11H2,(H,22,23,24,25)/t13-,18+/m1/s1. The van der Waals surface area contributed by atoms with Crippen LogP contribution >= 0.6 is 0 Å². The smallest absolute Gasteiger partial charge is 0.215 e. The largest absolute Gasteiger partial charge is 0.491 e. The Morgan fingerprint density at radius 2 is 2.03 bits per heavy atom. The number of nitriles is 1. The number of Topliss-reactive ketones (excluding diaryl/α,β-unsaturated/α-hetero) is 1. The molecule has 1 aliphatic heterocycles. The summed E-state index contributed by atoms with van der Waals surface area (Å²) in [6.45, 7) is -0.0838. The van der Waals surface area contributed by atoms with Crippen LogP contribution in [0, 0.1) is 11.3 Å². The van der Waals surface area contributed by atoms with Crippen LogP contribution in [0.15, 0.2) is 42.5 Å². The summed E-state index contributed by atoms with van der Waals surface area (Å²) in [7, 11) is 0. The molecule has 0 saturated heterocycles. The molecule has 0 amide bonds. The average Bonchev–Trinajstić information content (AvgIpc) is 3.31. The van der Waals surface area contributed by atoms with Gasteiger partial charge in [0.1, 0.15) is 42.1 Å². The molecule has 0 radical (unpaired) electrons. The van der Waals surface area contributed by atoms with E-state index in [1.54, 1.807) is 42.5 Å². The van der Waals surface area contributed by atoms with E-state index in [-0.39, 0.29) is 25.4 Å². The summed E-state index contributed by atoms with van der Waals surface area (Å²) < 4.78 is 17.0. The van der Waals surface area contributed by atoms with E-state index in [4.69, 9.17) is 19.5 Å².